The average molecular weight is 377 g/mol. The lowest BCUT2D eigenvalue weighted by atomic mass is 9.88. The van der Waals surface area contributed by atoms with Crippen LogP contribution in [0.3, 0.4) is 0 Å². The topological polar surface area (TPSA) is 40.1 Å². The number of rotatable bonds is 6. The fraction of sp³-hybridized carbons (Fsp3) is 0.667. The third kappa shape index (κ3) is 5.20. The number of nitrogens with zero attached hydrogens (tertiary/aromatic N) is 3. The first-order valence-electron chi connectivity index (χ1n) is 10.2. The molecule has 27 heavy (non-hydrogen) atoms. The Bertz CT molecular complexity index is 624. The molecule has 2 saturated heterocycles. The normalized spacial score (nSPS) is 20.6. The molecule has 0 atom stereocenters. The quantitative estimate of drug-likeness (QED) is 0.612. The molecule has 3 rings (SSSR count). The third-order valence-electron chi connectivity index (χ3n) is 5.73. The minimum absolute atomic E-state index is 0.120. The molecule has 0 aromatic heterocycles. The van der Waals surface area contributed by atoms with E-state index in [1.165, 1.54) is 32.0 Å². The van der Waals surface area contributed by atoms with Crippen molar-refractivity contribution in [3.8, 4) is 0 Å². The molecule has 1 aromatic rings. The summed E-state index contributed by atoms with van der Waals surface area (Å²) in [5.41, 5.74) is 1.07. The summed E-state index contributed by atoms with van der Waals surface area (Å²) in [6.45, 7) is 8.29. The van der Waals surface area contributed by atoms with Crippen LogP contribution in [0.4, 0.5) is 4.39 Å². The van der Waals surface area contributed by atoms with E-state index in [0.29, 0.717) is 6.54 Å². The van der Waals surface area contributed by atoms with Crippen molar-refractivity contribution in [2.45, 2.75) is 44.7 Å². The Labute approximate surface area is 162 Å². The molecule has 150 valence electrons. The zero-order valence-corrected chi connectivity index (χ0v) is 16.7. The first-order valence-corrected chi connectivity index (χ1v) is 10.2. The van der Waals surface area contributed by atoms with Crippen molar-refractivity contribution in [3.05, 3.63) is 35.6 Å². The number of ether oxygens (including phenoxy) is 1. The molecular weight excluding hydrogens is 343 g/mol. The fourth-order valence-corrected chi connectivity index (χ4v) is 4.19. The summed E-state index contributed by atoms with van der Waals surface area (Å²) < 4.78 is 19.1. The van der Waals surface area contributed by atoms with E-state index in [-0.39, 0.29) is 11.4 Å². The molecule has 0 radical (unpaired) electrons. The first kappa shape index (κ1) is 20.1. The minimum Gasteiger partial charge on any atom is -0.381 e. The van der Waals surface area contributed by atoms with Gasteiger partial charge < -0.3 is 15.0 Å². The maximum Gasteiger partial charge on any atom is 0.194 e. The van der Waals surface area contributed by atoms with Crippen molar-refractivity contribution in [1.82, 2.24) is 15.1 Å². The molecule has 1 N–H and O–H groups in total. The summed E-state index contributed by atoms with van der Waals surface area (Å²) in [6.07, 6.45) is 4.66. The van der Waals surface area contributed by atoms with Crippen LogP contribution in [0, 0.1) is 5.82 Å². The predicted molar refractivity (Wildman–Crippen MR) is 107 cm³/mol. The minimum atomic E-state index is -0.196. The maximum absolute atomic E-state index is 13.5. The van der Waals surface area contributed by atoms with E-state index >= 15 is 0 Å². The Morgan fingerprint density at radius 2 is 2.04 bits per heavy atom. The lowest BCUT2D eigenvalue weighted by Gasteiger charge is -2.43. The number of hydrogen-bond acceptors (Lipinski definition) is 3. The largest absolute Gasteiger partial charge is 0.381 e. The van der Waals surface area contributed by atoms with Crippen LogP contribution in [0.15, 0.2) is 29.3 Å². The molecule has 2 fully saturated rings. The average Bonchev–Trinajstić information content (AvgIpc) is 3.21. The Balaban J connectivity index is 1.72. The van der Waals surface area contributed by atoms with E-state index in [4.69, 9.17) is 9.73 Å². The van der Waals surface area contributed by atoms with Crippen LogP contribution in [0.1, 0.15) is 38.2 Å². The standard InChI is InChI=1S/C21H33FN4O/c1-3-23-20(25(2)16-18-7-6-8-19(22)15-18)24-17-21(9-13-27-14-10-21)26-11-4-5-12-26/h6-8,15H,3-5,9-14,16-17H2,1-2H3,(H,23,24). The number of halogens is 1. The second kappa shape index (κ2) is 9.51. The molecule has 0 amide bonds. The van der Waals surface area contributed by atoms with E-state index in [1.807, 2.05) is 13.1 Å². The Morgan fingerprint density at radius 1 is 1.30 bits per heavy atom. The van der Waals surface area contributed by atoms with Gasteiger partial charge in [-0.3, -0.25) is 9.89 Å². The van der Waals surface area contributed by atoms with Gasteiger partial charge in [-0.1, -0.05) is 12.1 Å². The van der Waals surface area contributed by atoms with Crippen molar-refractivity contribution in [3.63, 3.8) is 0 Å². The summed E-state index contributed by atoms with van der Waals surface area (Å²) in [6, 6.07) is 6.78. The van der Waals surface area contributed by atoms with Crippen LogP contribution in [0.2, 0.25) is 0 Å². The SMILES string of the molecule is CCNC(=NCC1(N2CCCC2)CCOCC1)N(C)Cc1cccc(F)c1. The molecule has 6 heteroatoms. The van der Waals surface area contributed by atoms with E-state index in [9.17, 15) is 4.39 Å². The van der Waals surface area contributed by atoms with E-state index in [1.54, 1.807) is 12.1 Å². The van der Waals surface area contributed by atoms with Crippen LogP contribution >= 0.6 is 0 Å². The van der Waals surface area contributed by atoms with Gasteiger partial charge in [0.1, 0.15) is 5.82 Å². The summed E-state index contributed by atoms with van der Waals surface area (Å²) in [7, 11) is 2.01. The van der Waals surface area contributed by atoms with Crippen molar-refractivity contribution < 1.29 is 9.13 Å². The van der Waals surface area contributed by atoms with Gasteiger partial charge in [0, 0.05) is 38.9 Å². The zero-order chi connectivity index (χ0) is 19.1. The van der Waals surface area contributed by atoms with Crippen molar-refractivity contribution in [2.75, 3.05) is 46.4 Å². The van der Waals surface area contributed by atoms with Gasteiger partial charge in [0.2, 0.25) is 0 Å². The second-order valence-corrected chi connectivity index (χ2v) is 7.69. The molecule has 0 bridgehead atoms. The van der Waals surface area contributed by atoms with Crippen molar-refractivity contribution >= 4 is 5.96 Å². The number of likely N-dealkylation sites (tertiary alicyclic amines) is 1. The number of guanidine groups is 1. The van der Waals surface area contributed by atoms with E-state index in [2.05, 4.69) is 22.0 Å². The van der Waals surface area contributed by atoms with Gasteiger partial charge in [0.15, 0.2) is 5.96 Å². The van der Waals surface area contributed by atoms with Crippen LogP contribution in [0.5, 0.6) is 0 Å². The highest BCUT2D eigenvalue weighted by Crippen LogP contribution is 2.31. The fourth-order valence-electron chi connectivity index (χ4n) is 4.19. The van der Waals surface area contributed by atoms with Crippen molar-refractivity contribution in [1.29, 1.82) is 0 Å². The highest BCUT2D eigenvalue weighted by molar-refractivity contribution is 5.79. The molecule has 0 saturated carbocycles. The second-order valence-electron chi connectivity index (χ2n) is 7.69. The highest BCUT2D eigenvalue weighted by Gasteiger charge is 2.39. The summed E-state index contributed by atoms with van der Waals surface area (Å²) >= 11 is 0. The van der Waals surface area contributed by atoms with E-state index in [0.717, 1.165) is 50.7 Å². The molecule has 2 heterocycles. The Hall–Kier alpha value is -1.66. The lowest BCUT2D eigenvalue weighted by molar-refractivity contribution is -0.0139. The lowest BCUT2D eigenvalue weighted by Crippen LogP contribution is -2.54. The summed E-state index contributed by atoms with van der Waals surface area (Å²) in [5, 5.41) is 3.40. The van der Waals surface area contributed by atoms with Gasteiger partial charge in [-0.25, -0.2) is 4.39 Å². The van der Waals surface area contributed by atoms with Gasteiger partial charge in [-0.05, 0) is 63.4 Å². The van der Waals surface area contributed by atoms with Gasteiger partial charge >= 0.3 is 0 Å². The van der Waals surface area contributed by atoms with Crippen LogP contribution in [-0.2, 0) is 11.3 Å². The summed E-state index contributed by atoms with van der Waals surface area (Å²) in [4.78, 5) is 9.73. The predicted octanol–water partition coefficient (Wildman–Crippen LogP) is 2.87. The van der Waals surface area contributed by atoms with Crippen molar-refractivity contribution in [2.24, 2.45) is 4.99 Å². The molecule has 0 spiro atoms. The smallest absolute Gasteiger partial charge is 0.194 e. The number of nitrogens with one attached hydrogen (secondary N) is 1. The van der Waals surface area contributed by atoms with Gasteiger partial charge in [-0.2, -0.15) is 0 Å². The van der Waals surface area contributed by atoms with Gasteiger partial charge in [-0.15, -0.1) is 0 Å². The number of benzene rings is 1. The van der Waals surface area contributed by atoms with Crippen LogP contribution < -0.4 is 5.32 Å². The molecule has 1 aromatic carbocycles. The maximum atomic E-state index is 13.5. The van der Waals surface area contributed by atoms with Gasteiger partial charge in [0.05, 0.1) is 6.54 Å². The number of aliphatic imine (C=N–C) groups is 1. The molecule has 0 aliphatic carbocycles. The molecule has 2 aliphatic rings. The van der Waals surface area contributed by atoms with Crippen LogP contribution in [0.25, 0.3) is 0 Å². The molecular formula is C21H33FN4O. The summed E-state index contributed by atoms with van der Waals surface area (Å²) in [5.74, 6) is 0.685. The molecule has 2 aliphatic heterocycles. The Kier molecular flexibility index (Phi) is 7.07. The molecule has 0 unspecified atom stereocenters. The molecule has 5 nitrogen and oxygen atoms in total. The van der Waals surface area contributed by atoms with Gasteiger partial charge in [0.25, 0.3) is 0 Å². The van der Waals surface area contributed by atoms with Crippen LogP contribution in [-0.4, -0.2) is 67.7 Å². The van der Waals surface area contributed by atoms with E-state index < -0.39 is 0 Å². The zero-order valence-electron chi connectivity index (χ0n) is 16.7. The number of hydrogen-bond donors (Lipinski definition) is 1. The Morgan fingerprint density at radius 3 is 2.70 bits per heavy atom. The first-order chi connectivity index (χ1) is 13.1. The third-order valence-corrected chi connectivity index (χ3v) is 5.73. The highest BCUT2D eigenvalue weighted by atomic mass is 19.1. The monoisotopic (exact) mass is 376 g/mol.